The summed E-state index contributed by atoms with van der Waals surface area (Å²) >= 11 is 0. The molecule has 4 rings (SSSR count). The maximum atomic E-state index is 13.4. The van der Waals surface area contributed by atoms with E-state index in [2.05, 4.69) is 15.5 Å². The van der Waals surface area contributed by atoms with Gasteiger partial charge in [-0.25, -0.2) is 0 Å². The van der Waals surface area contributed by atoms with E-state index in [1.807, 2.05) is 13.8 Å². The highest BCUT2D eigenvalue weighted by Crippen LogP contribution is 2.56. The molecule has 0 radical (unpaired) electrons. The standard InChI is InChI=1S/C17H20F3N3O2/c1-15(2)5-10-13(11(24)6-15)16(9-8-21-23-14(9)22-10)3-4-25-12(7-16)17(18,19)20/h12,22H,3-8H2,1-2H3/t12-,16+/m0/s1. The number of fused-ring (bicyclic) bond motifs is 2. The fourth-order valence-electron chi connectivity index (χ4n) is 4.63. The van der Waals surface area contributed by atoms with Gasteiger partial charge in [-0.05, 0) is 24.7 Å². The van der Waals surface area contributed by atoms with Crippen LogP contribution in [-0.4, -0.2) is 31.2 Å². The van der Waals surface area contributed by atoms with E-state index in [9.17, 15) is 18.0 Å². The second-order valence-corrected chi connectivity index (χ2v) is 8.08. The Balaban J connectivity index is 1.84. The number of azo groups is 1. The lowest BCUT2D eigenvalue weighted by Crippen LogP contribution is -2.50. The van der Waals surface area contributed by atoms with Gasteiger partial charge in [0.25, 0.3) is 0 Å². The van der Waals surface area contributed by atoms with E-state index in [4.69, 9.17) is 4.74 Å². The van der Waals surface area contributed by atoms with E-state index >= 15 is 0 Å². The predicted molar refractivity (Wildman–Crippen MR) is 82.4 cm³/mol. The third kappa shape index (κ3) is 2.53. The summed E-state index contributed by atoms with van der Waals surface area (Å²) in [6.07, 6.45) is -5.29. The first kappa shape index (κ1) is 16.8. The molecule has 0 amide bonds. The van der Waals surface area contributed by atoms with Gasteiger partial charge in [0.1, 0.15) is 0 Å². The Labute approximate surface area is 143 Å². The van der Waals surface area contributed by atoms with Crippen molar-refractivity contribution in [3.8, 4) is 0 Å². The van der Waals surface area contributed by atoms with Gasteiger partial charge < -0.3 is 10.1 Å². The molecule has 3 aliphatic heterocycles. The number of rotatable bonds is 0. The number of allylic oxidation sites excluding steroid dienone is 2. The molecule has 25 heavy (non-hydrogen) atoms. The summed E-state index contributed by atoms with van der Waals surface area (Å²) in [6.45, 7) is 4.19. The van der Waals surface area contributed by atoms with Crippen molar-refractivity contribution < 1.29 is 22.7 Å². The predicted octanol–water partition coefficient (Wildman–Crippen LogP) is 3.64. The van der Waals surface area contributed by atoms with E-state index in [1.54, 1.807) is 0 Å². The average molecular weight is 355 g/mol. The SMILES string of the molecule is CC1(C)CC(=O)C2=C(C1)NC1=C(CN=N1)[C@]21CCO[C@H](C(F)(F)F)C1. The van der Waals surface area contributed by atoms with Crippen LogP contribution in [-0.2, 0) is 9.53 Å². The van der Waals surface area contributed by atoms with E-state index in [0.29, 0.717) is 41.9 Å². The summed E-state index contributed by atoms with van der Waals surface area (Å²) in [5.41, 5.74) is 0.730. The number of ketones is 1. The Bertz CT molecular complexity index is 736. The molecule has 0 aromatic rings. The molecular weight excluding hydrogens is 335 g/mol. The average Bonchev–Trinajstić information content (AvgIpc) is 2.93. The number of carbonyl (C=O) groups excluding carboxylic acids is 1. The van der Waals surface area contributed by atoms with Gasteiger partial charge in [0, 0.05) is 35.3 Å². The fourth-order valence-corrected chi connectivity index (χ4v) is 4.63. The topological polar surface area (TPSA) is 63.0 Å². The zero-order chi connectivity index (χ0) is 18.0. The van der Waals surface area contributed by atoms with Crippen molar-refractivity contribution in [2.75, 3.05) is 13.2 Å². The van der Waals surface area contributed by atoms with Crippen molar-refractivity contribution in [2.45, 2.75) is 51.8 Å². The number of halogens is 3. The lowest BCUT2D eigenvalue weighted by atomic mass is 9.59. The Kier molecular flexibility index (Phi) is 3.45. The van der Waals surface area contributed by atoms with Gasteiger partial charge in [-0.2, -0.15) is 18.3 Å². The molecule has 1 aliphatic carbocycles. The number of carbonyl (C=O) groups is 1. The van der Waals surface area contributed by atoms with Crippen LogP contribution in [0.15, 0.2) is 32.9 Å². The normalized spacial score (nSPS) is 34.3. The zero-order valence-electron chi connectivity index (χ0n) is 14.2. The van der Waals surface area contributed by atoms with Crippen LogP contribution in [0.5, 0.6) is 0 Å². The Hall–Kier alpha value is -1.70. The van der Waals surface area contributed by atoms with Crippen LogP contribution in [0.25, 0.3) is 0 Å². The van der Waals surface area contributed by atoms with Crippen LogP contribution in [0.3, 0.4) is 0 Å². The molecule has 1 N–H and O–H groups in total. The van der Waals surface area contributed by atoms with Gasteiger partial charge >= 0.3 is 6.18 Å². The van der Waals surface area contributed by atoms with Crippen LogP contribution in [0.1, 0.15) is 39.5 Å². The van der Waals surface area contributed by atoms with Gasteiger partial charge in [-0.1, -0.05) is 13.8 Å². The summed E-state index contributed by atoms with van der Waals surface area (Å²) in [4.78, 5) is 13.0. The highest BCUT2D eigenvalue weighted by Gasteiger charge is 2.57. The summed E-state index contributed by atoms with van der Waals surface area (Å²) in [6, 6.07) is 0. The summed E-state index contributed by atoms with van der Waals surface area (Å²) in [5, 5.41) is 11.3. The second-order valence-electron chi connectivity index (χ2n) is 8.08. The summed E-state index contributed by atoms with van der Waals surface area (Å²) in [5.74, 6) is 0.451. The number of nitrogens with zero attached hydrogens (tertiary/aromatic N) is 2. The van der Waals surface area contributed by atoms with Crippen molar-refractivity contribution in [3.63, 3.8) is 0 Å². The van der Waals surface area contributed by atoms with Crippen molar-refractivity contribution in [3.05, 3.63) is 22.7 Å². The smallest absolute Gasteiger partial charge is 0.369 e. The lowest BCUT2D eigenvalue weighted by molar-refractivity contribution is -0.239. The summed E-state index contributed by atoms with van der Waals surface area (Å²) in [7, 11) is 0. The molecule has 5 nitrogen and oxygen atoms in total. The third-order valence-electron chi connectivity index (χ3n) is 5.63. The first-order valence-corrected chi connectivity index (χ1v) is 8.46. The van der Waals surface area contributed by atoms with E-state index in [1.165, 1.54) is 0 Å². The van der Waals surface area contributed by atoms with Crippen LogP contribution < -0.4 is 5.32 Å². The van der Waals surface area contributed by atoms with E-state index in [-0.39, 0.29) is 30.8 Å². The fraction of sp³-hybridized carbons (Fsp3) is 0.706. The number of Topliss-reactive ketones (excluding diaryl/α,β-unsaturated/α-hetero) is 1. The minimum atomic E-state index is -4.45. The molecule has 4 aliphatic rings. The van der Waals surface area contributed by atoms with Crippen LogP contribution in [0, 0.1) is 10.8 Å². The summed E-state index contributed by atoms with van der Waals surface area (Å²) < 4.78 is 45.1. The number of hydrogen-bond acceptors (Lipinski definition) is 5. The molecule has 8 heteroatoms. The second kappa shape index (κ2) is 5.16. The number of hydrogen-bond donors (Lipinski definition) is 1. The van der Waals surface area contributed by atoms with Gasteiger partial charge in [0.2, 0.25) is 0 Å². The zero-order valence-corrected chi connectivity index (χ0v) is 14.2. The van der Waals surface area contributed by atoms with Crippen molar-refractivity contribution in [2.24, 2.45) is 21.1 Å². The van der Waals surface area contributed by atoms with Crippen molar-refractivity contribution in [1.82, 2.24) is 5.32 Å². The van der Waals surface area contributed by atoms with Gasteiger partial charge in [-0.3, -0.25) is 4.79 Å². The first-order valence-electron chi connectivity index (χ1n) is 8.46. The molecule has 136 valence electrons. The maximum absolute atomic E-state index is 13.4. The monoisotopic (exact) mass is 355 g/mol. The molecular formula is C17H20F3N3O2. The number of ether oxygens (including phenoxy) is 1. The molecule has 1 saturated heterocycles. The molecule has 0 aromatic carbocycles. The molecule has 0 unspecified atom stereocenters. The Morgan fingerprint density at radius 3 is 2.76 bits per heavy atom. The number of alkyl halides is 3. The Morgan fingerprint density at radius 1 is 1.28 bits per heavy atom. The van der Waals surface area contributed by atoms with E-state index < -0.39 is 17.7 Å². The molecule has 0 aromatic heterocycles. The molecule has 1 fully saturated rings. The van der Waals surface area contributed by atoms with Crippen molar-refractivity contribution >= 4 is 5.78 Å². The quantitative estimate of drug-likeness (QED) is 0.722. The van der Waals surface area contributed by atoms with Gasteiger partial charge in [0.05, 0.1) is 6.54 Å². The van der Waals surface area contributed by atoms with E-state index in [0.717, 1.165) is 0 Å². The molecule has 3 heterocycles. The molecule has 0 bridgehead atoms. The van der Waals surface area contributed by atoms with Gasteiger partial charge in [-0.15, -0.1) is 5.11 Å². The highest BCUT2D eigenvalue weighted by molar-refractivity contribution is 6.00. The lowest BCUT2D eigenvalue weighted by Gasteiger charge is -2.49. The Morgan fingerprint density at radius 2 is 2.04 bits per heavy atom. The minimum Gasteiger partial charge on any atom is -0.369 e. The first-order chi connectivity index (χ1) is 11.6. The molecule has 0 saturated carbocycles. The van der Waals surface area contributed by atoms with Crippen LogP contribution in [0.4, 0.5) is 13.2 Å². The van der Waals surface area contributed by atoms with Crippen LogP contribution >= 0.6 is 0 Å². The molecule has 2 atom stereocenters. The number of dihydropyridines is 1. The highest BCUT2D eigenvalue weighted by atomic mass is 19.4. The van der Waals surface area contributed by atoms with Crippen molar-refractivity contribution in [1.29, 1.82) is 0 Å². The van der Waals surface area contributed by atoms with Gasteiger partial charge in [0.15, 0.2) is 17.7 Å². The minimum absolute atomic E-state index is 0.0333. The number of nitrogens with one attached hydrogen (secondary N) is 1. The molecule has 1 spiro atoms. The third-order valence-corrected chi connectivity index (χ3v) is 5.63. The maximum Gasteiger partial charge on any atom is 0.414 e. The largest absolute Gasteiger partial charge is 0.414 e. The van der Waals surface area contributed by atoms with Crippen LogP contribution in [0.2, 0.25) is 0 Å².